The van der Waals surface area contributed by atoms with E-state index in [1.54, 1.807) is 11.1 Å². The van der Waals surface area contributed by atoms with Crippen LogP contribution in [0.3, 0.4) is 0 Å². The molecule has 0 atom stereocenters. The smallest absolute Gasteiger partial charge is 0.0373 e. The standard InChI is InChI=1S/C26H23N/c1-18-9-10-19(17-27-18)11-12-21-6-4-7-22-14-15-24-23-8-3-2-5-20(23)13-16-25(24)26(21)22/h2,4-7,9-13,16-17H,3,8,14-15H2,1H3/b12-11+. The number of nitrogens with zero attached hydrogens (tertiary/aromatic N) is 1. The maximum Gasteiger partial charge on any atom is 0.0373 e. The van der Waals surface area contributed by atoms with Gasteiger partial charge in [-0.25, -0.2) is 0 Å². The van der Waals surface area contributed by atoms with Gasteiger partial charge in [0.05, 0.1) is 0 Å². The predicted octanol–water partition coefficient (Wildman–Crippen LogP) is 6.29. The first-order chi connectivity index (χ1) is 13.3. The van der Waals surface area contributed by atoms with Crippen LogP contribution in [0.25, 0.3) is 29.4 Å². The first kappa shape index (κ1) is 16.3. The molecule has 0 fully saturated rings. The second-order valence-corrected chi connectivity index (χ2v) is 7.55. The minimum atomic E-state index is 1.05. The molecule has 0 unspecified atom stereocenters. The number of aromatic nitrogens is 1. The molecule has 2 aromatic carbocycles. The second-order valence-electron chi connectivity index (χ2n) is 7.55. The summed E-state index contributed by atoms with van der Waals surface area (Å²) in [5, 5.41) is 0. The van der Waals surface area contributed by atoms with E-state index < -0.39 is 0 Å². The molecule has 0 N–H and O–H groups in total. The van der Waals surface area contributed by atoms with Crippen LogP contribution in [0.1, 0.15) is 45.5 Å². The van der Waals surface area contributed by atoms with Gasteiger partial charge >= 0.3 is 0 Å². The van der Waals surface area contributed by atoms with Gasteiger partial charge in [-0.3, -0.25) is 4.98 Å². The van der Waals surface area contributed by atoms with Crippen molar-refractivity contribution < 1.29 is 0 Å². The molecular formula is C26H23N. The van der Waals surface area contributed by atoms with Gasteiger partial charge in [-0.05, 0) is 83.2 Å². The number of hydrogen-bond donors (Lipinski definition) is 0. The molecule has 0 saturated carbocycles. The first-order valence-electron chi connectivity index (χ1n) is 9.84. The topological polar surface area (TPSA) is 12.9 Å². The lowest BCUT2D eigenvalue weighted by atomic mass is 9.78. The third-order valence-electron chi connectivity index (χ3n) is 5.81. The lowest BCUT2D eigenvalue weighted by molar-refractivity contribution is 0.887. The molecule has 2 aliphatic rings. The van der Waals surface area contributed by atoms with Crippen molar-refractivity contribution in [3.63, 3.8) is 0 Å². The van der Waals surface area contributed by atoms with Crippen molar-refractivity contribution in [3.05, 3.63) is 93.8 Å². The van der Waals surface area contributed by atoms with E-state index in [-0.39, 0.29) is 0 Å². The van der Waals surface area contributed by atoms with Crippen LogP contribution >= 0.6 is 0 Å². The molecule has 27 heavy (non-hydrogen) atoms. The molecule has 0 aliphatic heterocycles. The Bertz CT molecular complexity index is 1070. The van der Waals surface area contributed by atoms with Gasteiger partial charge in [-0.1, -0.05) is 60.7 Å². The molecule has 1 nitrogen and oxygen atoms in total. The molecule has 0 radical (unpaired) electrons. The highest BCUT2D eigenvalue weighted by atomic mass is 14.6. The molecule has 1 heterocycles. The maximum atomic E-state index is 4.41. The molecule has 0 saturated heterocycles. The van der Waals surface area contributed by atoms with Crippen LogP contribution in [0.4, 0.5) is 0 Å². The van der Waals surface area contributed by atoms with Crippen LogP contribution < -0.4 is 0 Å². The zero-order chi connectivity index (χ0) is 18.2. The monoisotopic (exact) mass is 349 g/mol. The van der Waals surface area contributed by atoms with Crippen molar-refractivity contribution in [2.24, 2.45) is 0 Å². The summed E-state index contributed by atoms with van der Waals surface area (Å²) < 4.78 is 0. The van der Waals surface area contributed by atoms with Crippen LogP contribution in [0, 0.1) is 6.92 Å². The van der Waals surface area contributed by atoms with Gasteiger partial charge in [0.2, 0.25) is 0 Å². The molecule has 0 bridgehead atoms. The van der Waals surface area contributed by atoms with Gasteiger partial charge in [-0.2, -0.15) is 0 Å². The zero-order valence-corrected chi connectivity index (χ0v) is 15.7. The summed E-state index contributed by atoms with van der Waals surface area (Å²) in [6.07, 6.45) is 15.6. The Morgan fingerprint density at radius 2 is 1.85 bits per heavy atom. The lowest BCUT2D eigenvalue weighted by Crippen LogP contribution is -2.10. The quantitative estimate of drug-likeness (QED) is 0.530. The number of rotatable bonds is 2. The van der Waals surface area contributed by atoms with Crippen LogP contribution in [-0.4, -0.2) is 4.98 Å². The fourth-order valence-electron chi connectivity index (χ4n) is 4.44. The van der Waals surface area contributed by atoms with Crippen molar-refractivity contribution in [1.82, 2.24) is 4.98 Å². The highest BCUT2D eigenvalue weighted by Crippen LogP contribution is 2.40. The third kappa shape index (κ3) is 2.94. The molecule has 132 valence electrons. The van der Waals surface area contributed by atoms with Gasteiger partial charge in [0.1, 0.15) is 0 Å². The Kier molecular flexibility index (Phi) is 4.01. The van der Waals surface area contributed by atoms with Gasteiger partial charge in [-0.15, -0.1) is 0 Å². The van der Waals surface area contributed by atoms with Crippen molar-refractivity contribution in [3.8, 4) is 11.1 Å². The Labute approximate surface area is 161 Å². The summed E-state index contributed by atoms with van der Waals surface area (Å²) in [4.78, 5) is 4.41. The zero-order valence-electron chi connectivity index (χ0n) is 15.7. The average Bonchev–Trinajstić information content (AvgIpc) is 2.72. The Morgan fingerprint density at radius 3 is 2.74 bits per heavy atom. The van der Waals surface area contributed by atoms with Crippen LogP contribution in [-0.2, 0) is 19.3 Å². The summed E-state index contributed by atoms with van der Waals surface area (Å²) in [7, 11) is 0. The average molecular weight is 349 g/mol. The number of aryl methyl sites for hydroxylation is 2. The predicted molar refractivity (Wildman–Crippen MR) is 115 cm³/mol. The molecule has 0 amide bonds. The van der Waals surface area contributed by atoms with E-state index in [1.165, 1.54) is 34.2 Å². The maximum absolute atomic E-state index is 4.41. The van der Waals surface area contributed by atoms with Gasteiger partial charge < -0.3 is 0 Å². The van der Waals surface area contributed by atoms with Crippen LogP contribution in [0.2, 0.25) is 0 Å². The Balaban J connectivity index is 1.61. The van der Waals surface area contributed by atoms with E-state index in [4.69, 9.17) is 0 Å². The SMILES string of the molecule is Cc1ccc(/C=C/c2cccc3c2-c2ccc4c(c2CC3)CCC=C4)cn1. The summed E-state index contributed by atoms with van der Waals surface area (Å²) in [5.74, 6) is 0. The highest BCUT2D eigenvalue weighted by molar-refractivity contribution is 5.86. The van der Waals surface area contributed by atoms with Gasteiger partial charge in [0, 0.05) is 11.9 Å². The molecule has 5 rings (SSSR count). The Morgan fingerprint density at radius 1 is 0.889 bits per heavy atom. The molecular weight excluding hydrogens is 326 g/mol. The van der Waals surface area contributed by atoms with E-state index in [0.717, 1.165) is 30.5 Å². The molecule has 1 heteroatoms. The van der Waals surface area contributed by atoms with Crippen LogP contribution in [0.15, 0.2) is 54.7 Å². The number of benzene rings is 2. The van der Waals surface area contributed by atoms with Crippen LogP contribution in [0.5, 0.6) is 0 Å². The van der Waals surface area contributed by atoms with E-state index in [1.807, 2.05) is 13.1 Å². The largest absolute Gasteiger partial charge is 0.261 e. The Hall–Kier alpha value is -2.93. The number of pyridine rings is 1. The van der Waals surface area contributed by atoms with Crippen molar-refractivity contribution >= 4 is 18.2 Å². The van der Waals surface area contributed by atoms with Crippen molar-refractivity contribution in [1.29, 1.82) is 0 Å². The van der Waals surface area contributed by atoms with E-state index in [0.29, 0.717) is 0 Å². The second kappa shape index (κ2) is 6.66. The summed E-state index contributed by atoms with van der Waals surface area (Å²) >= 11 is 0. The lowest BCUT2D eigenvalue weighted by Gasteiger charge is -2.26. The summed E-state index contributed by atoms with van der Waals surface area (Å²) in [6.45, 7) is 2.02. The number of hydrogen-bond acceptors (Lipinski definition) is 1. The summed E-state index contributed by atoms with van der Waals surface area (Å²) in [6, 6.07) is 15.6. The van der Waals surface area contributed by atoms with Crippen molar-refractivity contribution in [2.75, 3.05) is 0 Å². The van der Waals surface area contributed by atoms with E-state index >= 15 is 0 Å². The molecule has 2 aliphatic carbocycles. The van der Waals surface area contributed by atoms with Gasteiger partial charge in [0.15, 0.2) is 0 Å². The van der Waals surface area contributed by atoms with Crippen molar-refractivity contribution in [2.45, 2.75) is 32.6 Å². The minimum Gasteiger partial charge on any atom is -0.261 e. The van der Waals surface area contributed by atoms with E-state index in [9.17, 15) is 0 Å². The summed E-state index contributed by atoms with van der Waals surface area (Å²) in [5.41, 5.74) is 12.4. The number of allylic oxidation sites excluding steroid dienone is 1. The third-order valence-corrected chi connectivity index (χ3v) is 5.81. The fraction of sp³-hybridized carbons (Fsp3) is 0.192. The minimum absolute atomic E-state index is 1.05. The molecule has 0 spiro atoms. The first-order valence-corrected chi connectivity index (χ1v) is 9.84. The highest BCUT2D eigenvalue weighted by Gasteiger charge is 2.22. The molecule has 3 aromatic rings. The normalized spacial score (nSPS) is 14.7. The number of fused-ring (bicyclic) bond motifs is 5. The van der Waals surface area contributed by atoms with Gasteiger partial charge in [0.25, 0.3) is 0 Å². The molecule has 1 aromatic heterocycles. The van der Waals surface area contributed by atoms with E-state index in [2.05, 4.69) is 71.8 Å². The fourth-order valence-corrected chi connectivity index (χ4v) is 4.44.